The molecule has 16 heavy (non-hydrogen) atoms. The number of Topliss-reactive ketones (excluding diaryl/α,β-unsaturated/α-hetero) is 1. The van der Waals surface area contributed by atoms with Crippen LogP contribution in [-0.4, -0.2) is 19.0 Å². The highest BCUT2D eigenvalue weighted by Gasteiger charge is 2.12. The Balaban J connectivity index is 2.83. The first-order valence-electron chi connectivity index (χ1n) is 5.75. The summed E-state index contributed by atoms with van der Waals surface area (Å²) in [5.74, 6) is 0.0865. The molecule has 0 unspecified atom stereocenters. The molecule has 1 rings (SSSR count). The quantitative estimate of drug-likeness (QED) is 0.562. The van der Waals surface area contributed by atoms with Gasteiger partial charge in [-0.1, -0.05) is 24.6 Å². The first-order valence-corrected chi connectivity index (χ1v) is 5.75. The minimum Gasteiger partial charge on any atom is -0.373 e. The third-order valence-electron chi connectivity index (χ3n) is 2.54. The molecule has 0 atom stereocenters. The van der Waals surface area contributed by atoms with Crippen molar-refractivity contribution in [3.05, 3.63) is 34.4 Å². The molecule has 0 fully saturated rings. The molecule has 0 radical (unpaired) electrons. The summed E-state index contributed by atoms with van der Waals surface area (Å²) in [4.78, 5) is 11.9. The standard InChI is InChI=1S/C14H20O2/c1-5-6-16-9-13(15)14-11(3)7-10(2)8-12(14)4/h7-8H,5-6,9H2,1-4H3. The third kappa shape index (κ3) is 3.17. The Morgan fingerprint density at radius 3 is 2.25 bits per heavy atom. The van der Waals surface area contributed by atoms with Crippen LogP contribution in [0.25, 0.3) is 0 Å². The molecule has 88 valence electrons. The molecule has 1 aromatic carbocycles. The summed E-state index contributed by atoms with van der Waals surface area (Å²) < 4.78 is 5.29. The molecule has 0 saturated heterocycles. The van der Waals surface area contributed by atoms with Crippen molar-refractivity contribution in [2.45, 2.75) is 34.1 Å². The van der Waals surface area contributed by atoms with E-state index in [1.807, 2.05) is 39.8 Å². The minimum atomic E-state index is 0.0865. The van der Waals surface area contributed by atoms with Gasteiger partial charge in [-0.25, -0.2) is 0 Å². The third-order valence-corrected chi connectivity index (χ3v) is 2.54. The molecule has 0 amide bonds. The molecular formula is C14H20O2. The minimum absolute atomic E-state index is 0.0865. The van der Waals surface area contributed by atoms with Gasteiger partial charge in [-0.15, -0.1) is 0 Å². The van der Waals surface area contributed by atoms with E-state index in [-0.39, 0.29) is 12.4 Å². The van der Waals surface area contributed by atoms with Gasteiger partial charge in [-0.05, 0) is 38.3 Å². The van der Waals surface area contributed by atoms with E-state index in [1.54, 1.807) is 0 Å². The predicted molar refractivity (Wildman–Crippen MR) is 66.1 cm³/mol. The first-order chi connectivity index (χ1) is 7.56. The van der Waals surface area contributed by atoms with Crippen LogP contribution >= 0.6 is 0 Å². The van der Waals surface area contributed by atoms with Crippen molar-refractivity contribution in [1.29, 1.82) is 0 Å². The lowest BCUT2D eigenvalue weighted by Crippen LogP contribution is -2.13. The number of hydrogen-bond donors (Lipinski definition) is 0. The molecule has 2 nitrogen and oxygen atoms in total. The number of hydrogen-bond acceptors (Lipinski definition) is 2. The van der Waals surface area contributed by atoms with Gasteiger partial charge in [0.2, 0.25) is 0 Å². The van der Waals surface area contributed by atoms with Crippen LogP contribution in [0.4, 0.5) is 0 Å². The SMILES string of the molecule is CCCOCC(=O)c1c(C)cc(C)cc1C. The van der Waals surface area contributed by atoms with Crippen molar-refractivity contribution in [3.8, 4) is 0 Å². The van der Waals surface area contributed by atoms with E-state index in [0.717, 1.165) is 23.1 Å². The number of aryl methyl sites for hydroxylation is 3. The number of ether oxygens (including phenoxy) is 1. The van der Waals surface area contributed by atoms with Crippen LogP contribution in [0.2, 0.25) is 0 Å². The van der Waals surface area contributed by atoms with Crippen molar-refractivity contribution in [3.63, 3.8) is 0 Å². The number of benzene rings is 1. The van der Waals surface area contributed by atoms with Gasteiger partial charge in [0.25, 0.3) is 0 Å². The molecule has 0 N–H and O–H groups in total. The van der Waals surface area contributed by atoms with Crippen LogP contribution in [0.1, 0.15) is 40.4 Å². The van der Waals surface area contributed by atoms with E-state index >= 15 is 0 Å². The summed E-state index contributed by atoms with van der Waals surface area (Å²) in [6.07, 6.45) is 0.944. The molecule has 0 spiro atoms. The highest BCUT2D eigenvalue weighted by molar-refractivity contribution is 5.99. The van der Waals surface area contributed by atoms with E-state index in [0.29, 0.717) is 6.61 Å². The van der Waals surface area contributed by atoms with Gasteiger partial charge >= 0.3 is 0 Å². The van der Waals surface area contributed by atoms with Crippen LogP contribution in [0.3, 0.4) is 0 Å². The fraction of sp³-hybridized carbons (Fsp3) is 0.500. The lowest BCUT2D eigenvalue weighted by molar-refractivity contribution is 0.0760. The Bertz CT molecular complexity index is 357. The monoisotopic (exact) mass is 220 g/mol. The van der Waals surface area contributed by atoms with Crippen molar-refractivity contribution in [2.24, 2.45) is 0 Å². The Hall–Kier alpha value is -1.15. The van der Waals surface area contributed by atoms with Crippen molar-refractivity contribution < 1.29 is 9.53 Å². The molecule has 0 aliphatic carbocycles. The van der Waals surface area contributed by atoms with Gasteiger partial charge in [0.15, 0.2) is 5.78 Å². The first kappa shape index (κ1) is 12.9. The molecule has 0 aliphatic heterocycles. The van der Waals surface area contributed by atoms with E-state index in [9.17, 15) is 4.79 Å². The maximum absolute atomic E-state index is 11.9. The summed E-state index contributed by atoms with van der Waals surface area (Å²) in [6, 6.07) is 4.08. The highest BCUT2D eigenvalue weighted by atomic mass is 16.5. The predicted octanol–water partition coefficient (Wildman–Crippen LogP) is 3.22. The second-order valence-corrected chi connectivity index (χ2v) is 4.25. The zero-order valence-electron chi connectivity index (χ0n) is 10.6. The Morgan fingerprint density at radius 1 is 1.19 bits per heavy atom. The lowest BCUT2D eigenvalue weighted by atomic mass is 9.97. The van der Waals surface area contributed by atoms with Gasteiger partial charge in [0, 0.05) is 12.2 Å². The number of carbonyl (C=O) groups excluding carboxylic acids is 1. The molecule has 0 aliphatic rings. The van der Waals surface area contributed by atoms with Gasteiger partial charge in [0.05, 0.1) is 0 Å². The average Bonchev–Trinajstić information content (AvgIpc) is 2.16. The molecular weight excluding hydrogens is 200 g/mol. The van der Waals surface area contributed by atoms with E-state index in [2.05, 4.69) is 0 Å². The van der Waals surface area contributed by atoms with Gasteiger partial charge in [-0.3, -0.25) is 4.79 Å². The molecule has 0 bridgehead atoms. The second-order valence-electron chi connectivity index (χ2n) is 4.25. The van der Waals surface area contributed by atoms with Crippen LogP contribution in [0.5, 0.6) is 0 Å². The van der Waals surface area contributed by atoms with Crippen molar-refractivity contribution >= 4 is 5.78 Å². The molecule has 2 heteroatoms. The summed E-state index contributed by atoms with van der Waals surface area (Å²) >= 11 is 0. The van der Waals surface area contributed by atoms with Crippen LogP contribution in [0.15, 0.2) is 12.1 Å². The average molecular weight is 220 g/mol. The molecule has 0 saturated carbocycles. The van der Waals surface area contributed by atoms with Crippen LogP contribution in [0, 0.1) is 20.8 Å². The zero-order valence-corrected chi connectivity index (χ0v) is 10.6. The largest absolute Gasteiger partial charge is 0.373 e. The Labute approximate surface area is 97.6 Å². The second kappa shape index (κ2) is 5.80. The smallest absolute Gasteiger partial charge is 0.188 e. The van der Waals surface area contributed by atoms with Crippen molar-refractivity contribution in [1.82, 2.24) is 0 Å². The topological polar surface area (TPSA) is 26.3 Å². The summed E-state index contributed by atoms with van der Waals surface area (Å²) in [5.41, 5.74) is 4.10. The number of ketones is 1. The summed E-state index contributed by atoms with van der Waals surface area (Å²) in [5, 5.41) is 0. The molecule has 0 aromatic heterocycles. The number of carbonyl (C=O) groups is 1. The zero-order chi connectivity index (χ0) is 12.1. The molecule has 1 aromatic rings. The Kier molecular flexibility index (Phi) is 4.69. The lowest BCUT2D eigenvalue weighted by Gasteiger charge is -2.10. The number of rotatable bonds is 5. The maximum Gasteiger partial charge on any atom is 0.188 e. The fourth-order valence-electron chi connectivity index (χ4n) is 2.00. The highest BCUT2D eigenvalue weighted by Crippen LogP contribution is 2.17. The van der Waals surface area contributed by atoms with E-state index in [1.165, 1.54) is 5.56 Å². The van der Waals surface area contributed by atoms with Gasteiger partial charge in [0.1, 0.15) is 6.61 Å². The fourth-order valence-corrected chi connectivity index (χ4v) is 2.00. The van der Waals surface area contributed by atoms with Gasteiger partial charge in [-0.2, -0.15) is 0 Å². The van der Waals surface area contributed by atoms with Gasteiger partial charge < -0.3 is 4.74 Å². The summed E-state index contributed by atoms with van der Waals surface area (Å²) in [6.45, 7) is 8.88. The Morgan fingerprint density at radius 2 is 1.75 bits per heavy atom. The van der Waals surface area contributed by atoms with Crippen LogP contribution in [-0.2, 0) is 4.74 Å². The van der Waals surface area contributed by atoms with E-state index in [4.69, 9.17) is 4.74 Å². The van der Waals surface area contributed by atoms with Crippen LogP contribution < -0.4 is 0 Å². The summed E-state index contributed by atoms with van der Waals surface area (Å²) in [7, 11) is 0. The van der Waals surface area contributed by atoms with E-state index < -0.39 is 0 Å². The maximum atomic E-state index is 11.9. The normalized spacial score (nSPS) is 10.5. The molecule has 0 heterocycles. The van der Waals surface area contributed by atoms with Crippen molar-refractivity contribution in [2.75, 3.05) is 13.2 Å².